The van der Waals surface area contributed by atoms with Gasteiger partial charge in [-0.3, -0.25) is 9.48 Å². The zero-order valence-corrected chi connectivity index (χ0v) is 14.9. The molecule has 4 aromatic rings. The number of nitrogens with one attached hydrogen (secondary N) is 2. The van der Waals surface area contributed by atoms with Crippen LogP contribution in [-0.4, -0.2) is 25.7 Å². The molecule has 0 bridgehead atoms. The fourth-order valence-corrected chi connectivity index (χ4v) is 3.52. The number of anilines is 1. The number of imidazole rings is 1. The average Bonchev–Trinajstić information content (AvgIpc) is 3.17. The Morgan fingerprint density at radius 1 is 1.19 bits per heavy atom. The molecule has 6 nitrogen and oxygen atoms in total. The summed E-state index contributed by atoms with van der Waals surface area (Å²) in [5.41, 5.74) is 4.89. The minimum Gasteiger partial charge on any atom is -0.338 e. The van der Waals surface area contributed by atoms with E-state index in [1.54, 1.807) is 4.68 Å². The number of aromatic nitrogens is 4. The first-order valence-electron chi connectivity index (χ1n) is 9.02. The maximum atomic E-state index is 12.5. The first-order valence-corrected chi connectivity index (χ1v) is 9.02. The normalized spacial score (nSPS) is 18.6. The van der Waals surface area contributed by atoms with Crippen molar-refractivity contribution in [3.8, 4) is 11.4 Å². The molecular formula is C21H19N5O. The molecule has 1 amide bonds. The van der Waals surface area contributed by atoms with Crippen molar-refractivity contribution in [3.05, 3.63) is 66.5 Å². The van der Waals surface area contributed by atoms with Crippen molar-refractivity contribution in [3.63, 3.8) is 0 Å². The van der Waals surface area contributed by atoms with Gasteiger partial charge >= 0.3 is 0 Å². The number of carbonyl (C=O) groups excluding carboxylic acids is 1. The summed E-state index contributed by atoms with van der Waals surface area (Å²) in [4.78, 5) is 20.4. The summed E-state index contributed by atoms with van der Waals surface area (Å²) in [6.07, 6.45) is 4.72. The SMILES string of the molecule is Cn1cc(C2CC2C(=O)Nc2ccc(-c3nc4ccccc4[nH]3)cc2)cn1. The summed E-state index contributed by atoms with van der Waals surface area (Å²) in [5, 5.41) is 7.20. The van der Waals surface area contributed by atoms with Crippen LogP contribution in [0, 0.1) is 5.92 Å². The van der Waals surface area contributed by atoms with E-state index in [-0.39, 0.29) is 17.7 Å². The van der Waals surface area contributed by atoms with Crippen molar-refractivity contribution in [2.45, 2.75) is 12.3 Å². The number of rotatable bonds is 4. The van der Waals surface area contributed by atoms with Crippen LogP contribution in [-0.2, 0) is 11.8 Å². The highest BCUT2D eigenvalue weighted by atomic mass is 16.2. The highest BCUT2D eigenvalue weighted by Gasteiger charge is 2.44. The van der Waals surface area contributed by atoms with E-state index in [9.17, 15) is 4.79 Å². The molecule has 0 radical (unpaired) electrons. The number of aromatic amines is 1. The molecule has 2 unspecified atom stereocenters. The first kappa shape index (κ1) is 15.8. The molecule has 2 atom stereocenters. The second kappa shape index (κ2) is 6.09. The van der Waals surface area contributed by atoms with Gasteiger partial charge in [0, 0.05) is 30.4 Å². The summed E-state index contributed by atoms with van der Waals surface area (Å²) >= 11 is 0. The van der Waals surface area contributed by atoms with Crippen LogP contribution < -0.4 is 5.32 Å². The second-order valence-corrected chi connectivity index (χ2v) is 7.07. The van der Waals surface area contributed by atoms with E-state index in [0.717, 1.165) is 40.1 Å². The van der Waals surface area contributed by atoms with Gasteiger partial charge in [0.25, 0.3) is 0 Å². The summed E-state index contributed by atoms with van der Waals surface area (Å²) < 4.78 is 1.78. The molecule has 27 heavy (non-hydrogen) atoms. The lowest BCUT2D eigenvalue weighted by atomic mass is 10.1. The van der Waals surface area contributed by atoms with Gasteiger partial charge in [-0.15, -0.1) is 0 Å². The van der Waals surface area contributed by atoms with Crippen LogP contribution in [0.25, 0.3) is 22.4 Å². The number of carbonyl (C=O) groups is 1. The third kappa shape index (κ3) is 2.99. The number of fused-ring (bicyclic) bond motifs is 1. The molecule has 6 heteroatoms. The van der Waals surface area contributed by atoms with Crippen molar-refractivity contribution in [2.24, 2.45) is 13.0 Å². The van der Waals surface area contributed by atoms with Gasteiger partial charge in [0.05, 0.1) is 17.2 Å². The first-order chi connectivity index (χ1) is 13.2. The highest BCUT2D eigenvalue weighted by Crippen LogP contribution is 2.47. The summed E-state index contributed by atoms with van der Waals surface area (Å²) in [6.45, 7) is 0. The Bertz CT molecular complexity index is 1090. The zero-order chi connectivity index (χ0) is 18.4. The molecule has 0 aliphatic heterocycles. The summed E-state index contributed by atoms with van der Waals surface area (Å²) in [7, 11) is 1.89. The number of benzene rings is 2. The maximum absolute atomic E-state index is 12.5. The van der Waals surface area contributed by atoms with Crippen LogP contribution in [0.5, 0.6) is 0 Å². The number of aryl methyl sites for hydroxylation is 1. The molecule has 0 spiro atoms. The van der Waals surface area contributed by atoms with Gasteiger partial charge in [-0.1, -0.05) is 12.1 Å². The number of amides is 1. The molecule has 1 saturated carbocycles. The minimum absolute atomic E-state index is 0.0317. The predicted molar refractivity (Wildman–Crippen MR) is 104 cm³/mol. The van der Waals surface area contributed by atoms with Crippen molar-refractivity contribution < 1.29 is 4.79 Å². The molecule has 0 saturated heterocycles. The highest BCUT2D eigenvalue weighted by molar-refractivity contribution is 5.95. The predicted octanol–water partition coefficient (Wildman–Crippen LogP) is 3.71. The van der Waals surface area contributed by atoms with E-state index in [2.05, 4.69) is 20.4 Å². The Morgan fingerprint density at radius 3 is 2.74 bits per heavy atom. The Balaban J connectivity index is 1.27. The van der Waals surface area contributed by atoms with Gasteiger partial charge in [-0.05, 0) is 54.3 Å². The van der Waals surface area contributed by atoms with Crippen LogP contribution in [0.2, 0.25) is 0 Å². The molecule has 134 valence electrons. The smallest absolute Gasteiger partial charge is 0.228 e. The largest absolute Gasteiger partial charge is 0.338 e. The molecule has 1 fully saturated rings. The molecule has 2 N–H and O–H groups in total. The van der Waals surface area contributed by atoms with Crippen LogP contribution in [0.15, 0.2) is 60.9 Å². The molecule has 2 aromatic heterocycles. The van der Waals surface area contributed by atoms with Gasteiger partial charge in [0.2, 0.25) is 5.91 Å². The minimum atomic E-state index is 0.0317. The van der Waals surface area contributed by atoms with Crippen LogP contribution >= 0.6 is 0 Å². The van der Waals surface area contributed by atoms with Gasteiger partial charge in [-0.25, -0.2) is 4.98 Å². The molecule has 2 heterocycles. The zero-order valence-electron chi connectivity index (χ0n) is 14.9. The van der Waals surface area contributed by atoms with E-state index >= 15 is 0 Å². The lowest BCUT2D eigenvalue weighted by molar-refractivity contribution is -0.117. The van der Waals surface area contributed by atoms with Crippen molar-refractivity contribution in [1.82, 2.24) is 19.7 Å². The van der Waals surface area contributed by atoms with Gasteiger partial charge < -0.3 is 10.3 Å². The molecule has 2 aromatic carbocycles. The molecule has 5 rings (SSSR count). The summed E-state index contributed by atoms with van der Waals surface area (Å²) in [5.74, 6) is 1.21. The van der Waals surface area contributed by atoms with E-state index in [0.29, 0.717) is 0 Å². The van der Waals surface area contributed by atoms with Crippen molar-refractivity contribution in [1.29, 1.82) is 0 Å². The lowest BCUT2D eigenvalue weighted by Crippen LogP contribution is -2.14. The molecular weight excluding hydrogens is 338 g/mol. The van der Waals surface area contributed by atoms with Gasteiger partial charge in [0.1, 0.15) is 5.82 Å². The Hall–Kier alpha value is -3.41. The molecule has 1 aliphatic carbocycles. The van der Waals surface area contributed by atoms with Crippen LogP contribution in [0.1, 0.15) is 17.9 Å². The average molecular weight is 357 g/mol. The Labute approximate surface area is 156 Å². The van der Waals surface area contributed by atoms with E-state index < -0.39 is 0 Å². The van der Waals surface area contributed by atoms with Crippen LogP contribution in [0.4, 0.5) is 5.69 Å². The third-order valence-corrected chi connectivity index (χ3v) is 5.10. The number of H-pyrrole nitrogens is 1. The third-order valence-electron chi connectivity index (χ3n) is 5.10. The van der Waals surface area contributed by atoms with Gasteiger partial charge in [0.15, 0.2) is 0 Å². The Morgan fingerprint density at radius 2 is 2.00 bits per heavy atom. The maximum Gasteiger partial charge on any atom is 0.228 e. The summed E-state index contributed by atoms with van der Waals surface area (Å²) in [6, 6.07) is 15.7. The van der Waals surface area contributed by atoms with Crippen LogP contribution in [0.3, 0.4) is 0 Å². The van der Waals surface area contributed by atoms with Gasteiger partial charge in [-0.2, -0.15) is 5.10 Å². The standard InChI is InChI=1S/C21H19N5O/c1-26-12-14(11-22-26)16-10-17(16)21(27)23-15-8-6-13(7-9-15)20-24-18-4-2-3-5-19(18)25-20/h2-9,11-12,16-17H,10H2,1H3,(H,23,27)(H,24,25). The van der Waals surface area contributed by atoms with E-state index in [1.165, 1.54) is 0 Å². The Kier molecular flexibility index (Phi) is 3.57. The number of hydrogen-bond acceptors (Lipinski definition) is 3. The number of para-hydroxylation sites is 2. The monoisotopic (exact) mass is 357 g/mol. The lowest BCUT2D eigenvalue weighted by Gasteiger charge is -2.05. The van der Waals surface area contributed by atoms with Crippen molar-refractivity contribution in [2.75, 3.05) is 5.32 Å². The van der Waals surface area contributed by atoms with Crippen molar-refractivity contribution >= 4 is 22.6 Å². The number of nitrogens with zero attached hydrogens (tertiary/aromatic N) is 3. The fourth-order valence-electron chi connectivity index (χ4n) is 3.52. The van der Waals surface area contributed by atoms with E-state index in [1.807, 2.05) is 68.0 Å². The topological polar surface area (TPSA) is 75.6 Å². The quantitative estimate of drug-likeness (QED) is 0.585. The second-order valence-electron chi connectivity index (χ2n) is 7.07. The van der Waals surface area contributed by atoms with E-state index in [4.69, 9.17) is 0 Å². The molecule has 1 aliphatic rings. The fraction of sp³-hybridized carbons (Fsp3) is 0.190. The number of hydrogen-bond donors (Lipinski definition) is 2.